The van der Waals surface area contributed by atoms with Crippen LogP contribution in [0.1, 0.15) is 36.2 Å². The van der Waals surface area contributed by atoms with Gasteiger partial charge in [0.2, 0.25) is 0 Å². The Hall–Kier alpha value is -2.86. The van der Waals surface area contributed by atoms with Crippen molar-refractivity contribution < 1.29 is 9.84 Å². The van der Waals surface area contributed by atoms with Gasteiger partial charge in [0.1, 0.15) is 5.75 Å². The van der Waals surface area contributed by atoms with Crippen molar-refractivity contribution in [2.75, 3.05) is 31.1 Å². The van der Waals surface area contributed by atoms with Crippen molar-refractivity contribution in [2.24, 2.45) is 5.92 Å². The number of phenols is 1. The van der Waals surface area contributed by atoms with E-state index < -0.39 is 0 Å². The first kappa shape index (κ1) is 19.8. The smallest absolute Gasteiger partial charge is 0.316 e. The molecule has 3 aromatic rings. The van der Waals surface area contributed by atoms with Crippen LogP contribution in [0.5, 0.6) is 11.8 Å². The molecule has 166 valence electrons. The van der Waals surface area contributed by atoms with Gasteiger partial charge in [0.05, 0.1) is 18.8 Å². The summed E-state index contributed by atoms with van der Waals surface area (Å²) in [7, 11) is 0. The molecule has 32 heavy (non-hydrogen) atoms. The van der Waals surface area contributed by atoms with E-state index in [-0.39, 0.29) is 0 Å². The normalized spacial score (nSPS) is 21.2. The molecule has 1 atom stereocenters. The first-order valence-electron chi connectivity index (χ1n) is 11.8. The number of benzene rings is 2. The van der Waals surface area contributed by atoms with Gasteiger partial charge in [-0.2, -0.15) is 4.98 Å². The summed E-state index contributed by atoms with van der Waals surface area (Å²) >= 11 is 0. The van der Waals surface area contributed by atoms with Crippen molar-refractivity contribution in [1.82, 2.24) is 14.9 Å². The molecule has 0 radical (unpaired) electrons. The lowest BCUT2D eigenvalue weighted by atomic mass is 10.0. The Morgan fingerprint density at radius 2 is 1.97 bits per heavy atom. The minimum absolute atomic E-state index is 0.296. The van der Waals surface area contributed by atoms with Crippen LogP contribution in [0, 0.1) is 12.8 Å². The monoisotopic (exact) mass is 430 g/mol. The molecule has 1 unspecified atom stereocenters. The van der Waals surface area contributed by atoms with Gasteiger partial charge >= 0.3 is 6.01 Å². The molecule has 1 N–H and O–H groups in total. The van der Waals surface area contributed by atoms with E-state index in [2.05, 4.69) is 27.8 Å². The average molecular weight is 431 g/mol. The Bertz CT molecular complexity index is 1160. The fourth-order valence-corrected chi connectivity index (χ4v) is 5.36. The number of aromatic hydroxyl groups is 1. The highest BCUT2D eigenvalue weighted by Crippen LogP contribution is 2.35. The second-order valence-corrected chi connectivity index (χ2v) is 9.57. The minimum Gasteiger partial charge on any atom is -0.508 e. The van der Waals surface area contributed by atoms with Crippen molar-refractivity contribution in [3.63, 3.8) is 0 Å². The summed E-state index contributed by atoms with van der Waals surface area (Å²) in [5, 5.41) is 12.5. The number of ether oxygens (including phenoxy) is 1. The van der Waals surface area contributed by atoms with Gasteiger partial charge in [0.15, 0.2) is 0 Å². The third-order valence-corrected chi connectivity index (χ3v) is 7.25. The average Bonchev–Trinajstić information content (AvgIpc) is 3.54. The number of phenolic OH excluding ortho intramolecular Hbond substituents is 1. The molecule has 2 fully saturated rings. The van der Waals surface area contributed by atoms with E-state index in [1.54, 1.807) is 0 Å². The van der Waals surface area contributed by atoms with Crippen LogP contribution in [-0.4, -0.2) is 52.3 Å². The largest absolute Gasteiger partial charge is 0.508 e. The van der Waals surface area contributed by atoms with Crippen LogP contribution in [0.15, 0.2) is 36.4 Å². The number of hydrogen-bond donors (Lipinski definition) is 1. The highest BCUT2D eigenvalue weighted by Gasteiger charge is 2.34. The SMILES string of the molecule is Cc1nc(OCC2CCN(C3CC3)C2)nc2c1CCN(c1cc(O)cc3ccccc13)C2. The maximum Gasteiger partial charge on any atom is 0.316 e. The molecule has 1 aromatic heterocycles. The van der Waals surface area contributed by atoms with E-state index in [0.29, 0.717) is 30.8 Å². The van der Waals surface area contributed by atoms with E-state index in [0.717, 1.165) is 53.4 Å². The van der Waals surface area contributed by atoms with Gasteiger partial charge in [-0.15, -0.1) is 0 Å². The van der Waals surface area contributed by atoms with Gasteiger partial charge in [0.25, 0.3) is 0 Å². The summed E-state index contributed by atoms with van der Waals surface area (Å²) in [6.45, 7) is 6.69. The highest BCUT2D eigenvalue weighted by molar-refractivity contribution is 5.95. The molecule has 1 saturated carbocycles. The predicted molar refractivity (Wildman–Crippen MR) is 125 cm³/mol. The summed E-state index contributed by atoms with van der Waals surface area (Å²) in [6.07, 6.45) is 4.83. The topological polar surface area (TPSA) is 61.7 Å². The molecule has 3 aliphatic rings. The fraction of sp³-hybridized carbons (Fsp3) is 0.462. The predicted octanol–water partition coefficient (Wildman–Crippen LogP) is 4.07. The number of aromatic nitrogens is 2. The molecule has 6 rings (SSSR count). The van der Waals surface area contributed by atoms with E-state index in [1.165, 1.54) is 31.4 Å². The molecular weight excluding hydrogens is 400 g/mol. The summed E-state index contributed by atoms with van der Waals surface area (Å²) in [6, 6.07) is 13.2. The lowest BCUT2D eigenvalue weighted by Gasteiger charge is -2.31. The standard InChI is InChI=1S/C26H30N4O2/c1-17-22-9-11-30(25-13-21(31)12-19-4-2-3-5-23(19)25)15-24(22)28-26(27-17)32-16-18-8-10-29(14-18)20-6-7-20/h2-5,12-13,18,20,31H,6-11,14-16H2,1H3. The van der Waals surface area contributed by atoms with Crippen LogP contribution in [0.2, 0.25) is 0 Å². The summed E-state index contributed by atoms with van der Waals surface area (Å²) < 4.78 is 6.11. The van der Waals surface area contributed by atoms with Crippen LogP contribution in [0.3, 0.4) is 0 Å². The molecular formula is C26H30N4O2. The Labute approximate surface area is 188 Å². The molecule has 2 aliphatic heterocycles. The van der Waals surface area contributed by atoms with Crippen molar-refractivity contribution >= 4 is 16.5 Å². The minimum atomic E-state index is 0.296. The maximum absolute atomic E-state index is 10.3. The molecule has 1 saturated heterocycles. The quantitative estimate of drug-likeness (QED) is 0.658. The second kappa shape index (κ2) is 7.93. The number of nitrogens with zero attached hydrogens (tertiary/aromatic N) is 4. The third kappa shape index (κ3) is 3.77. The van der Waals surface area contributed by atoms with E-state index >= 15 is 0 Å². The van der Waals surface area contributed by atoms with Gasteiger partial charge in [-0.05, 0) is 56.2 Å². The molecule has 6 nitrogen and oxygen atoms in total. The first-order valence-corrected chi connectivity index (χ1v) is 11.8. The zero-order chi connectivity index (χ0) is 21.7. The van der Waals surface area contributed by atoms with Crippen molar-refractivity contribution in [1.29, 1.82) is 0 Å². The molecule has 6 heteroatoms. The van der Waals surface area contributed by atoms with E-state index in [4.69, 9.17) is 9.72 Å². The lowest BCUT2D eigenvalue weighted by Crippen LogP contribution is -2.32. The van der Waals surface area contributed by atoms with Gasteiger partial charge < -0.3 is 14.7 Å². The number of rotatable bonds is 5. The number of hydrogen-bond acceptors (Lipinski definition) is 6. The lowest BCUT2D eigenvalue weighted by molar-refractivity contribution is 0.223. The number of fused-ring (bicyclic) bond motifs is 2. The Kier molecular flexibility index (Phi) is 4.90. The Morgan fingerprint density at radius 1 is 1.09 bits per heavy atom. The van der Waals surface area contributed by atoms with Gasteiger partial charge in [-0.1, -0.05) is 24.3 Å². The van der Waals surface area contributed by atoms with Crippen LogP contribution >= 0.6 is 0 Å². The molecule has 1 aliphatic carbocycles. The number of aryl methyl sites for hydroxylation is 1. The number of likely N-dealkylation sites (tertiary alicyclic amines) is 1. The maximum atomic E-state index is 10.3. The molecule has 0 amide bonds. The van der Waals surface area contributed by atoms with Crippen molar-refractivity contribution in [2.45, 2.75) is 45.2 Å². The highest BCUT2D eigenvalue weighted by atomic mass is 16.5. The van der Waals surface area contributed by atoms with Gasteiger partial charge in [-0.3, -0.25) is 4.90 Å². The Morgan fingerprint density at radius 3 is 2.84 bits per heavy atom. The summed E-state index contributed by atoms with van der Waals surface area (Å²) in [5.74, 6) is 0.870. The molecule has 0 spiro atoms. The third-order valence-electron chi connectivity index (χ3n) is 7.25. The van der Waals surface area contributed by atoms with E-state index in [1.807, 2.05) is 30.3 Å². The zero-order valence-electron chi connectivity index (χ0n) is 18.6. The van der Waals surface area contributed by atoms with Crippen LogP contribution < -0.4 is 9.64 Å². The van der Waals surface area contributed by atoms with Crippen LogP contribution in [0.4, 0.5) is 5.69 Å². The van der Waals surface area contributed by atoms with Crippen molar-refractivity contribution in [3.8, 4) is 11.8 Å². The summed E-state index contributed by atoms with van der Waals surface area (Å²) in [5.41, 5.74) is 4.35. The van der Waals surface area contributed by atoms with E-state index in [9.17, 15) is 5.11 Å². The zero-order valence-corrected chi connectivity index (χ0v) is 18.6. The van der Waals surface area contributed by atoms with Gasteiger partial charge in [0, 0.05) is 47.9 Å². The molecule has 2 aromatic carbocycles. The first-order chi connectivity index (χ1) is 15.6. The Balaban J connectivity index is 1.21. The second-order valence-electron chi connectivity index (χ2n) is 9.57. The molecule has 3 heterocycles. The van der Waals surface area contributed by atoms with Crippen LogP contribution in [0.25, 0.3) is 10.8 Å². The molecule has 0 bridgehead atoms. The van der Waals surface area contributed by atoms with Gasteiger partial charge in [-0.25, -0.2) is 4.98 Å². The van der Waals surface area contributed by atoms with Crippen molar-refractivity contribution in [3.05, 3.63) is 53.3 Å². The number of anilines is 1. The fourth-order valence-electron chi connectivity index (χ4n) is 5.36. The summed E-state index contributed by atoms with van der Waals surface area (Å²) in [4.78, 5) is 14.4. The van der Waals surface area contributed by atoms with Crippen LogP contribution in [-0.2, 0) is 13.0 Å².